The fourth-order valence-electron chi connectivity index (χ4n) is 2.60. The summed E-state index contributed by atoms with van der Waals surface area (Å²) in [7, 11) is 1.64. The van der Waals surface area contributed by atoms with Crippen molar-refractivity contribution in [1.82, 2.24) is 4.98 Å². The number of methoxy groups -OCH3 is 1. The normalized spacial score (nSPS) is 10.5. The summed E-state index contributed by atoms with van der Waals surface area (Å²) in [6.07, 6.45) is 1.02. The molecule has 1 heterocycles. The number of carbonyl (C=O) groups excluding carboxylic acids is 1. The van der Waals surface area contributed by atoms with Gasteiger partial charge in [-0.15, -0.1) is 11.3 Å². The van der Waals surface area contributed by atoms with E-state index in [9.17, 15) is 4.79 Å². The largest absolute Gasteiger partial charge is 0.497 e. The molecule has 2 aromatic carbocycles. The van der Waals surface area contributed by atoms with Crippen LogP contribution in [-0.4, -0.2) is 24.6 Å². The zero-order valence-corrected chi connectivity index (χ0v) is 18.1. The zero-order chi connectivity index (χ0) is 19.9. The molecule has 0 spiro atoms. The molecular weight excluding hydrogens is 440 g/mol. The fourth-order valence-corrected chi connectivity index (χ4v) is 3.72. The number of nitrogens with one attached hydrogen (secondary N) is 1. The van der Waals surface area contributed by atoms with Crippen LogP contribution in [-0.2, 0) is 4.79 Å². The predicted octanol–water partition coefficient (Wildman–Crippen LogP) is 5.69. The molecule has 0 saturated carbocycles. The topological polar surface area (TPSA) is 60.5 Å². The maximum absolute atomic E-state index is 12.2. The second-order valence-electron chi connectivity index (χ2n) is 6.11. The highest BCUT2D eigenvalue weighted by molar-refractivity contribution is 9.10. The van der Waals surface area contributed by atoms with E-state index in [-0.39, 0.29) is 5.91 Å². The lowest BCUT2D eigenvalue weighted by Gasteiger charge is -2.06. The van der Waals surface area contributed by atoms with Crippen LogP contribution in [0.15, 0.2) is 53.0 Å². The summed E-state index contributed by atoms with van der Waals surface area (Å²) < 4.78 is 11.8. The van der Waals surface area contributed by atoms with Crippen molar-refractivity contribution in [3.63, 3.8) is 0 Å². The number of nitrogens with zero attached hydrogens (tertiary/aromatic N) is 1. The first-order valence-electron chi connectivity index (χ1n) is 8.85. The highest BCUT2D eigenvalue weighted by Gasteiger charge is 2.12. The first kappa shape index (κ1) is 20.4. The third-order valence-electron chi connectivity index (χ3n) is 4.04. The van der Waals surface area contributed by atoms with Gasteiger partial charge >= 0.3 is 0 Å². The van der Waals surface area contributed by atoms with E-state index in [1.807, 2.05) is 55.5 Å². The van der Waals surface area contributed by atoms with Crippen molar-refractivity contribution >= 4 is 38.3 Å². The van der Waals surface area contributed by atoms with Crippen LogP contribution in [0.3, 0.4) is 0 Å². The third kappa shape index (κ3) is 5.56. The lowest BCUT2D eigenvalue weighted by atomic mass is 10.1. The Morgan fingerprint density at radius 1 is 1.11 bits per heavy atom. The molecule has 7 heteroatoms. The van der Waals surface area contributed by atoms with Gasteiger partial charge in [-0.1, -0.05) is 15.9 Å². The molecule has 1 amide bonds. The molecule has 5 nitrogen and oxygen atoms in total. The summed E-state index contributed by atoms with van der Waals surface area (Å²) in [5, 5.41) is 3.50. The van der Waals surface area contributed by atoms with E-state index in [1.165, 1.54) is 11.3 Å². The highest BCUT2D eigenvalue weighted by atomic mass is 79.9. The van der Waals surface area contributed by atoms with Gasteiger partial charge in [-0.3, -0.25) is 4.79 Å². The number of aryl methyl sites for hydroxylation is 1. The van der Waals surface area contributed by atoms with Gasteiger partial charge in [0, 0.05) is 21.3 Å². The molecule has 0 bridgehead atoms. The summed E-state index contributed by atoms with van der Waals surface area (Å²) in [5.41, 5.74) is 1.87. The standard InChI is InChI=1S/C21H21BrN2O3S/c1-14-20(15-5-9-17(26-2)10-6-15)24-21(28-14)23-19(25)4-3-13-27-18-11-7-16(22)8-12-18/h5-12H,3-4,13H2,1-2H3,(H,23,24,25). The summed E-state index contributed by atoms with van der Waals surface area (Å²) in [4.78, 5) is 17.8. The molecule has 0 aliphatic rings. The molecule has 3 aromatic rings. The van der Waals surface area contributed by atoms with E-state index in [0.717, 1.165) is 32.1 Å². The van der Waals surface area contributed by atoms with Gasteiger partial charge in [0.1, 0.15) is 11.5 Å². The molecule has 1 N–H and O–H groups in total. The van der Waals surface area contributed by atoms with E-state index >= 15 is 0 Å². The SMILES string of the molecule is COc1ccc(-c2nc(NC(=O)CCCOc3ccc(Br)cc3)sc2C)cc1. The molecule has 0 saturated heterocycles. The number of rotatable bonds is 8. The molecule has 0 unspecified atom stereocenters. The number of thiazole rings is 1. The molecule has 3 rings (SSSR count). The molecule has 146 valence electrons. The maximum Gasteiger partial charge on any atom is 0.226 e. The second kappa shape index (κ2) is 9.71. The fraction of sp³-hybridized carbons (Fsp3) is 0.238. The maximum atomic E-state index is 12.2. The van der Waals surface area contributed by atoms with Crippen LogP contribution in [0, 0.1) is 6.92 Å². The molecule has 0 fully saturated rings. The van der Waals surface area contributed by atoms with E-state index in [2.05, 4.69) is 26.2 Å². The van der Waals surface area contributed by atoms with Crippen LogP contribution >= 0.6 is 27.3 Å². The van der Waals surface area contributed by atoms with E-state index in [1.54, 1.807) is 7.11 Å². The minimum Gasteiger partial charge on any atom is -0.497 e. The molecule has 1 aromatic heterocycles. The Labute approximate surface area is 176 Å². The van der Waals surface area contributed by atoms with Crippen molar-refractivity contribution in [2.45, 2.75) is 19.8 Å². The minimum absolute atomic E-state index is 0.0607. The molecular formula is C21H21BrN2O3S. The monoisotopic (exact) mass is 460 g/mol. The molecule has 0 atom stereocenters. The quantitative estimate of drug-likeness (QED) is 0.438. The first-order chi connectivity index (χ1) is 13.5. The number of hydrogen-bond donors (Lipinski definition) is 1. The van der Waals surface area contributed by atoms with E-state index in [4.69, 9.17) is 9.47 Å². The number of ether oxygens (including phenoxy) is 2. The van der Waals surface area contributed by atoms with Crippen LogP contribution < -0.4 is 14.8 Å². The highest BCUT2D eigenvalue weighted by Crippen LogP contribution is 2.31. The van der Waals surface area contributed by atoms with Crippen LogP contribution in [0.25, 0.3) is 11.3 Å². The number of aromatic nitrogens is 1. The zero-order valence-electron chi connectivity index (χ0n) is 15.7. The summed E-state index contributed by atoms with van der Waals surface area (Å²) >= 11 is 4.86. The van der Waals surface area contributed by atoms with Crippen molar-refractivity contribution < 1.29 is 14.3 Å². The summed E-state index contributed by atoms with van der Waals surface area (Å²) in [6, 6.07) is 15.4. The first-order valence-corrected chi connectivity index (χ1v) is 10.5. The average molecular weight is 461 g/mol. The van der Waals surface area contributed by atoms with Gasteiger partial charge in [0.2, 0.25) is 5.91 Å². The van der Waals surface area contributed by atoms with Gasteiger partial charge in [0.05, 0.1) is 19.4 Å². The van der Waals surface area contributed by atoms with Crippen LogP contribution in [0.1, 0.15) is 17.7 Å². The smallest absolute Gasteiger partial charge is 0.226 e. The van der Waals surface area contributed by atoms with Crippen molar-refractivity contribution in [2.75, 3.05) is 19.0 Å². The number of hydrogen-bond acceptors (Lipinski definition) is 5. The van der Waals surface area contributed by atoms with Crippen molar-refractivity contribution in [3.05, 3.63) is 57.9 Å². The second-order valence-corrected chi connectivity index (χ2v) is 8.23. The third-order valence-corrected chi connectivity index (χ3v) is 5.45. The molecule has 28 heavy (non-hydrogen) atoms. The van der Waals surface area contributed by atoms with Gasteiger partial charge in [-0.2, -0.15) is 0 Å². The molecule has 0 aliphatic heterocycles. The number of amides is 1. The number of halogens is 1. The van der Waals surface area contributed by atoms with E-state index in [0.29, 0.717) is 24.6 Å². The minimum atomic E-state index is -0.0607. The molecule has 0 aliphatic carbocycles. The van der Waals surface area contributed by atoms with Gasteiger partial charge in [0.25, 0.3) is 0 Å². The number of carbonyl (C=O) groups is 1. The predicted molar refractivity (Wildman–Crippen MR) is 116 cm³/mol. The van der Waals surface area contributed by atoms with Gasteiger partial charge in [-0.05, 0) is 61.9 Å². The Balaban J connectivity index is 1.49. The van der Waals surface area contributed by atoms with Crippen LogP contribution in [0.2, 0.25) is 0 Å². The summed E-state index contributed by atoms with van der Waals surface area (Å²) in [6.45, 7) is 2.49. The summed E-state index contributed by atoms with van der Waals surface area (Å²) in [5.74, 6) is 1.54. The lowest BCUT2D eigenvalue weighted by Crippen LogP contribution is -2.12. The van der Waals surface area contributed by atoms with Crippen LogP contribution in [0.5, 0.6) is 11.5 Å². The van der Waals surface area contributed by atoms with Crippen molar-refractivity contribution in [3.8, 4) is 22.8 Å². The van der Waals surface area contributed by atoms with Gasteiger partial charge in [0.15, 0.2) is 5.13 Å². The molecule has 0 radical (unpaired) electrons. The van der Waals surface area contributed by atoms with E-state index < -0.39 is 0 Å². The Bertz CT molecular complexity index is 924. The van der Waals surface area contributed by atoms with Crippen molar-refractivity contribution in [2.24, 2.45) is 0 Å². The lowest BCUT2D eigenvalue weighted by molar-refractivity contribution is -0.116. The average Bonchev–Trinajstić information content (AvgIpc) is 3.06. The van der Waals surface area contributed by atoms with Gasteiger partial charge in [-0.25, -0.2) is 4.98 Å². The Morgan fingerprint density at radius 2 is 1.79 bits per heavy atom. The number of anilines is 1. The Kier molecular flexibility index (Phi) is 7.06. The van der Waals surface area contributed by atoms with Crippen molar-refractivity contribution in [1.29, 1.82) is 0 Å². The Hall–Kier alpha value is -2.38. The number of benzene rings is 2. The Morgan fingerprint density at radius 3 is 2.46 bits per heavy atom. The van der Waals surface area contributed by atoms with Crippen LogP contribution in [0.4, 0.5) is 5.13 Å². The van der Waals surface area contributed by atoms with Gasteiger partial charge < -0.3 is 14.8 Å².